The minimum atomic E-state index is -0.117. The average molecular weight is 280 g/mol. The van der Waals surface area contributed by atoms with E-state index in [2.05, 4.69) is 22.1 Å². The van der Waals surface area contributed by atoms with Crippen molar-refractivity contribution in [3.8, 4) is 10.8 Å². The van der Waals surface area contributed by atoms with Crippen LogP contribution in [0.15, 0.2) is 10.6 Å². The summed E-state index contributed by atoms with van der Waals surface area (Å²) in [6.07, 6.45) is -0.117. The quantitative estimate of drug-likeness (QED) is 0.902. The van der Waals surface area contributed by atoms with E-state index in [0.29, 0.717) is 18.3 Å². The smallest absolute Gasteiger partial charge is 0.268 e. The van der Waals surface area contributed by atoms with E-state index >= 15 is 0 Å². The average Bonchev–Trinajstić information content (AvgIpc) is 2.96. The number of hydrogen-bond acceptors (Lipinski definition) is 7. The molecule has 1 aliphatic rings. The molecule has 19 heavy (non-hydrogen) atoms. The van der Waals surface area contributed by atoms with Crippen molar-refractivity contribution in [1.82, 2.24) is 15.0 Å². The highest BCUT2D eigenvalue weighted by atomic mass is 32.1. The number of nitrogens with two attached hydrogens (primary N) is 1. The molecule has 0 spiro atoms. The second-order valence-electron chi connectivity index (χ2n) is 4.74. The summed E-state index contributed by atoms with van der Waals surface area (Å²) in [7, 11) is 2.06. The van der Waals surface area contributed by atoms with Crippen LogP contribution in [0.3, 0.4) is 0 Å². The Hall–Kier alpha value is -1.44. The fraction of sp³-hybridized carbons (Fsp3) is 0.500. The molecule has 6 nitrogen and oxygen atoms in total. The number of likely N-dealkylation sites (N-methyl/N-ethyl adjacent to an activating group) is 1. The number of hydrogen-bond donors (Lipinski definition) is 1. The second-order valence-corrected chi connectivity index (χ2v) is 5.82. The van der Waals surface area contributed by atoms with Gasteiger partial charge in [-0.3, -0.25) is 0 Å². The van der Waals surface area contributed by atoms with Gasteiger partial charge in [-0.15, -0.1) is 11.3 Å². The summed E-state index contributed by atoms with van der Waals surface area (Å²) >= 11 is 1.46. The minimum absolute atomic E-state index is 0.117. The molecule has 0 radical (unpaired) electrons. The molecule has 3 rings (SSSR count). The number of anilines is 1. The van der Waals surface area contributed by atoms with E-state index in [0.717, 1.165) is 28.5 Å². The van der Waals surface area contributed by atoms with Crippen LogP contribution in [0.4, 0.5) is 5.00 Å². The molecular formula is C12H16N4O2S. The summed E-state index contributed by atoms with van der Waals surface area (Å²) in [5.41, 5.74) is 6.84. The van der Waals surface area contributed by atoms with Crippen LogP contribution in [0.5, 0.6) is 0 Å². The summed E-state index contributed by atoms with van der Waals surface area (Å²) in [6.45, 7) is 4.39. The number of aromatic nitrogens is 2. The molecule has 0 aromatic carbocycles. The Morgan fingerprint density at radius 2 is 2.37 bits per heavy atom. The monoisotopic (exact) mass is 280 g/mol. The van der Waals surface area contributed by atoms with Crippen LogP contribution in [0.25, 0.3) is 10.8 Å². The standard InChI is InChI=1S/C12H16N4O2S/c1-7-5-9(13)19-10(7)12-14-11(15-18-12)8-6-16(2)3-4-17-8/h5,8H,3-4,6,13H2,1-2H3. The van der Waals surface area contributed by atoms with Crippen molar-refractivity contribution in [2.75, 3.05) is 32.5 Å². The number of ether oxygens (including phenoxy) is 1. The topological polar surface area (TPSA) is 77.4 Å². The van der Waals surface area contributed by atoms with Gasteiger partial charge in [-0.1, -0.05) is 5.16 Å². The Bertz CT molecular complexity index is 580. The normalized spacial score (nSPS) is 20.8. The van der Waals surface area contributed by atoms with Crippen LogP contribution in [0.1, 0.15) is 17.5 Å². The zero-order valence-electron chi connectivity index (χ0n) is 10.9. The van der Waals surface area contributed by atoms with E-state index in [-0.39, 0.29) is 6.10 Å². The zero-order valence-corrected chi connectivity index (χ0v) is 11.7. The van der Waals surface area contributed by atoms with Gasteiger partial charge in [0, 0.05) is 13.1 Å². The zero-order chi connectivity index (χ0) is 13.4. The second kappa shape index (κ2) is 4.92. The first-order chi connectivity index (χ1) is 9.13. The first kappa shape index (κ1) is 12.6. The fourth-order valence-corrected chi connectivity index (χ4v) is 2.97. The van der Waals surface area contributed by atoms with Gasteiger partial charge in [-0.25, -0.2) is 0 Å². The lowest BCUT2D eigenvalue weighted by molar-refractivity contribution is -0.0264. The number of aryl methyl sites for hydroxylation is 1. The van der Waals surface area contributed by atoms with Gasteiger partial charge in [-0.2, -0.15) is 4.98 Å². The maximum absolute atomic E-state index is 5.78. The van der Waals surface area contributed by atoms with Gasteiger partial charge in [0.05, 0.1) is 16.5 Å². The fourth-order valence-electron chi connectivity index (χ4n) is 2.11. The highest BCUT2D eigenvalue weighted by Gasteiger charge is 2.25. The Morgan fingerprint density at radius 3 is 3.05 bits per heavy atom. The van der Waals surface area contributed by atoms with Crippen molar-refractivity contribution < 1.29 is 9.26 Å². The van der Waals surface area contributed by atoms with Crippen molar-refractivity contribution in [2.24, 2.45) is 0 Å². The van der Waals surface area contributed by atoms with Gasteiger partial charge in [-0.05, 0) is 25.6 Å². The molecule has 0 bridgehead atoms. The minimum Gasteiger partial charge on any atom is -0.391 e. The van der Waals surface area contributed by atoms with Gasteiger partial charge in [0.2, 0.25) is 5.82 Å². The molecule has 1 saturated heterocycles. The van der Waals surface area contributed by atoms with E-state index in [1.54, 1.807) is 0 Å². The summed E-state index contributed by atoms with van der Waals surface area (Å²) in [5, 5.41) is 4.78. The number of morpholine rings is 1. The largest absolute Gasteiger partial charge is 0.391 e. The third-order valence-electron chi connectivity index (χ3n) is 3.13. The molecule has 102 valence electrons. The molecule has 3 heterocycles. The molecule has 2 aromatic heterocycles. The molecule has 0 saturated carbocycles. The van der Waals surface area contributed by atoms with Gasteiger partial charge in [0.25, 0.3) is 5.89 Å². The lowest BCUT2D eigenvalue weighted by atomic mass is 10.2. The van der Waals surface area contributed by atoms with E-state index in [9.17, 15) is 0 Å². The van der Waals surface area contributed by atoms with Gasteiger partial charge in [0.15, 0.2) is 0 Å². The van der Waals surface area contributed by atoms with Crippen LogP contribution in [-0.4, -0.2) is 41.8 Å². The van der Waals surface area contributed by atoms with Crippen LogP contribution in [0, 0.1) is 6.92 Å². The summed E-state index contributed by atoms with van der Waals surface area (Å²) < 4.78 is 11.0. The molecule has 1 fully saturated rings. The first-order valence-electron chi connectivity index (χ1n) is 6.13. The predicted octanol–water partition coefficient (Wildman–Crippen LogP) is 1.69. The maximum atomic E-state index is 5.78. The first-order valence-corrected chi connectivity index (χ1v) is 6.95. The molecule has 0 aliphatic carbocycles. The van der Waals surface area contributed by atoms with E-state index in [1.807, 2.05) is 13.0 Å². The van der Waals surface area contributed by atoms with Crippen LogP contribution < -0.4 is 5.73 Å². The van der Waals surface area contributed by atoms with Crippen molar-refractivity contribution >= 4 is 16.3 Å². The predicted molar refractivity (Wildman–Crippen MR) is 73.0 cm³/mol. The van der Waals surface area contributed by atoms with E-state index < -0.39 is 0 Å². The Morgan fingerprint density at radius 1 is 1.53 bits per heavy atom. The van der Waals surface area contributed by atoms with E-state index in [4.69, 9.17) is 15.0 Å². The van der Waals surface area contributed by atoms with Crippen molar-refractivity contribution in [2.45, 2.75) is 13.0 Å². The molecule has 0 amide bonds. The number of nitrogens with zero attached hydrogens (tertiary/aromatic N) is 3. The summed E-state index contributed by atoms with van der Waals surface area (Å²) in [6, 6.07) is 1.91. The maximum Gasteiger partial charge on any atom is 0.268 e. The third-order valence-corrected chi connectivity index (χ3v) is 4.18. The summed E-state index contributed by atoms with van der Waals surface area (Å²) in [5.74, 6) is 1.12. The molecule has 1 aliphatic heterocycles. The highest BCUT2D eigenvalue weighted by Crippen LogP contribution is 2.33. The number of nitrogen functional groups attached to an aromatic ring is 1. The van der Waals surface area contributed by atoms with Crippen molar-refractivity contribution in [1.29, 1.82) is 0 Å². The highest BCUT2D eigenvalue weighted by molar-refractivity contribution is 7.19. The van der Waals surface area contributed by atoms with E-state index in [1.165, 1.54) is 11.3 Å². The molecular weight excluding hydrogens is 264 g/mol. The molecule has 2 N–H and O–H groups in total. The van der Waals surface area contributed by atoms with Crippen molar-refractivity contribution in [3.05, 3.63) is 17.5 Å². The van der Waals surface area contributed by atoms with Gasteiger partial charge < -0.3 is 19.9 Å². The lowest BCUT2D eigenvalue weighted by Crippen LogP contribution is -2.35. The SMILES string of the molecule is Cc1cc(N)sc1-c1nc(C2CN(C)CCO2)no1. The van der Waals surface area contributed by atoms with Crippen LogP contribution in [-0.2, 0) is 4.74 Å². The molecule has 7 heteroatoms. The van der Waals surface area contributed by atoms with Crippen molar-refractivity contribution in [3.63, 3.8) is 0 Å². The number of thiophene rings is 1. The van der Waals surface area contributed by atoms with Crippen LogP contribution >= 0.6 is 11.3 Å². The van der Waals surface area contributed by atoms with Gasteiger partial charge >= 0.3 is 0 Å². The Kier molecular flexibility index (Phi) is 3.26. The van der Waals surface area contributed by atoms with Gasteiger partial charge in [0.1, 0.15) is 6.10 Å². The Labute approximate surface area is 115 Å². The molecule has 2 aromatic rings. The Balaban J connectivity index is 1.85. The molecule has 1 atom stereocenters. The summed E-state index contributed by atoms with van der Waals surface area (Å²) in [4.78, 5) is 7.56. The third kappa shape index (κ3) is 2.49. The lowest BCUT2D eigenvalue weighted by Gasteiger charge is -2.27. The van der Waals surface area contributed by atoms with Crippen LogP contribution in [0.2, 0.25) is 0 Å². The molecule has 1 unspecified atom stereocenters. The number of rotatable bonds is 2.